The molecule has 1 aliphatic rings. The molecule has 24 heavy (non-hydrogen) atoms. The van der Waals surface area contributed by atoms with E-state index >= 15 is 0 Å². The largest absolute Gasteiger partial charge is 0.444 e. The van der Waals surface area contributed by atoms with Crippen molar-refractivity contribution in [3.05, 3.63) is 0 Å². The van der Waals surface area contributed by atoms with Crippen LogP contribution in [0.1, 0.15) is 66.2 Å². The molecule has 1 unspecified atom stereocenters. The molecule has 7 heteroatoms. The van der Waals surface area contributed by atoms with Crippen LogP contribution in [0.2, 0.25) is 0 Å². The van der Waals surface area contributed by atoms with Crippen LogP contribution in [0.15, 0.2) is 4.99 Å². The zero-order valence-corrected chi connectivity index (χ0v) is 18.1. The van der Waals surface area contributed by atoms with Crippen LogP contribution in [0.25, 0.3) is 0 Å². The van der Waals surface area contributed by atoms with Crippen LogP contribution in [-0.4, -0.2) is 43.3 Å². The lowest BCUT2D eigenvalue weighted by atomic mass is 10.1. The Morgan fingerprint density at radius 1 is 1.29 bits per heavy atom. The molecule has 0 bridgehead atoms. The Hall–Kier alpha value is -0.730. The van der Waals surface area contributed by atoms with Crippen LogP contribution in [0.4, 0.5) is 4.79 Å². The molecule has 1 atom stereocenters. The average molecular weight is 454 g/mol. The van der Waals surface area contributed by atoms with Crippen molar-refractivity contribution in [1.29, 1.82) is 0 Å². The van der Waals surface area contributed by atoms with Crippen molar-refractivity contribution in [3.8, 4) is 0 Å². The Morgan fingerprint density at radius 3 is 2.42 bits per heavy atom. The van der Waals surface area contributed by atoms with Gasteiger partial charge in [0, 0.05) is 25.7 Å². The van der Waals surface area contributed by atoms with Gasteiger partial charge in [0.1, 0.15) is 5.60 Å². The topological polar surface area (TPSA) is 74.8 Å². The number of aliphatic imine (C=N–C) groups is 1. The summed E-state index contributed by atoms with van der Waals surface area (Å²) in [7, 11) is 1.78. The first kappa shape index (κ1) is 23.3. The van der Waals surface area contributed by atoms with E-state index in [4.69, 9.17) is 4.74 Å². The maximum absolute atomic E-state index is 11.9. The number of hydrogen-bond acceptors (Lipinski definition) is 3. The predicted octanol–water partition coefficient (Wildman–Crippen LogP) is 3.41. The first-order valence-electron chi connectivity index (χ1n) is 8.80. The van der Waals surface area contributed by atoms with Gasteiger partial charge in [-0.05, 0) is 40.0 Å². The fourth-order valence-corrected chi connectivity index (χ4v) is 2.73. The van der Waals surface area contributed by atoms with E-state index in [9.17, 15) is 4.79 Å². The van der Waals surface area contributed by atoms with Crippen molar-refractivity contribution in [3.63, 3.8) is 0 Å². The quantitative estimate of drug-likeness (QED) is 0.327. The Kier molecular flexibility index (Phi) is 11.4. The van der Waals surface area contributed by atoms with E-state index in [1.165, 1.54) is 25.7 Å². The van der Waals surface area contributed by atoms with Gasteiger partial charge in [-0.25, -0.2) is 4.79 Å². The molecule has 1 fully saturated rings. The summed E-state index contributed by atoms with van der Waals surface area (Å²) in [6.45, 7) is 8.35. The van der Waals surface area contributed by atoms with Crippen LogP contribution >= 0.6 is 24.0 Å². The second kappa shape index (κ2) is 11.8. The number of alkyl carbamates (subject to hydrolysis) is 1. The van der Waals surface area contributed by atoms with Crippen molar-refractivity contribution in [2.75, 3.05) is 13.6 Å². The minimum Gasteiger partial charge on any atom is -0.444 e. The van der Waals surface area contributed by atoms with Crippen LogP contribution in [0, 0.1) is 0 Å². The second-order valence-electron chi connectivity index (χ2n) is 7.21. The molecule has 0 aliphatic heterocycles. The van der Waals surface area contributed by atoms with E-state index < -0.39 is 5.60 Å². The number of hydrogen-bond donors (Lipinski definition) is 3. The number of amides is 1. The molecule has 1 amide bonds. The van der Waals surface area contributed by atoms with Gasteiger partial charge in [-0.1, -0.05) is 26.2 Å². The highest BCUT2D eigenvalue weighted by molar-refractivity contribution is 14.0. The maximum atomic E-state index is 11.9. The van der Waals surface area contributed by atoms with Gasteiger partial charge < -0.3 is 20.7 Å². The van der Waals surface area contributed by atoms with E-state index in [0.29, 0.717) is 12.6 Å². The zero-order valence-electron chi connectivity index (χ0n) is 15.8. The van der Waals surface area contributed by atoms with Crippen molar-refractivity contribution in [2.24, 2.45) is 4.99 Å². The first-order chi connectivity index (χ1) is 10.8. The first-order valence-corrected chi connectivity index (χ1v) is 8.80. The average Bonchev–Trinajstić information content (AvgIpc) is 2.94. The molecule has 0 aromatic carbocycles. The molecule has 0 aromatic rings. The van der Waals surface area contributed by atoms with Gasteiger partial charge in [0.2, 0.25) is 0 Å². The van der Waals surface area contributed by atoms with Crippen LogP contribution < -0.4 is 16.0 Å². The highest BCUT2D eigenvalue weighted by Crippen LogP contribution is 2.17. The molecule has 1 aliphatic carbocycles. The third-order valence-corrected chi connectivity index (χ3v) is 3.79. The summed E-state index contributed by atoms with van der Waals surface area (Å²) in [5.41, 5.74) is -0.478. The molecule has 0 spiro atoms. The van der Waals surface area contributed by atoms with Crippen molar-refractivity contribution in [2.45, 2.75) is 83.9 Å². The summed E-state index contributed by atoms with van der Waals surface area (Å²) in [5, 5.41) is 9.71. The highest BCUT2D eigenvalue weighted by Gasteiger charge is 2.20. The number of halogens is 1. The molecule has 0 heterocycles. The predicted molar refractivity (Wildman–Crippen MR) is 110 cm³/mol. The molecule has 0 radical (unpaired) electrons. The van der Waals surface area contributed by atoms with Gasteiger partial charge in [-0.3, -0.25) is 4.99 Å². The van der Waals surface area contributed by atoms with E-state index in [2.05, 4.69) is 27.9 Å². The lowest BCUT2D eigenvalue weighted by Gasteiger charge is -2.25. The van der Waals surface area contributed by atoms with Crippen molar-refractivity contribution < 1.29 is 9.53 Å². The fourth-order valence-electron chi connectivity index (χ4n) is 2.73. The molecular weight excluding hydrogens is 419 g/mol. The molecule has 1 rings (SSSR count). The van der Waals surface area contributed by atoms with Crippen molar-refractivity contribution >= 4 is 36.0 Å². The van der Waals surface area contributed by atoms with E-state index in [1.54, 1.807) is 7.05 Å². The van der Waals surface area contributed by atoms with Gasteiger partial charge in [0.25, 0.3) is 0 Å². The number of rotatable bonds is 6. The SMILES string of the molecule is CCCC(CNC(=NC)NC1CCCC1)NC(=O)OC(C)(C)C.I. The molecule has 6 nitrogen and oxygen atoms in total. The molecule has 3 N–H and O–H groups in total. The Balaban J connectivity index is 0.00000529. The molecule has 0 aromatic heterocycles. The third-order valence-electron chi connectivity index (χ3n) is 3.79. The normalized spacial score (nSPS) is 17.0. The van der Waals surface area contributed by atoms with Crippen LogP contribution in [0.5, 0.6) is 0 Å². The molecule has 1 saturated carbocycles. The monoisotopic (exact) mass is 454 g/mol. The van der Waals surface area contributed by atoms with Gasteiger partial charge in [-0.2, -0.15) is 0 Å². The summed E-state index contributed by atoms with van der Waals surface area (Å²) < 4.78 is 5.33. The molecular formula is C17H35IN4O2. The number of ether oxygens (including phenoxy) is 1. The van der Waals surface area contributed by atoms with E-state index in [1.807, 2.05) is 20.8 Å². The van der Waals surface area contributed by atoms with Crippen LogP contribution in [-0.2, 0) is 4.74 Å². The number of guanidine groups is 1. The number of carbonyl (C=O) groups excluding carboxylic acids is 1. The van der Waals surface area contributed by atoms with Gasteiger partial charge in [0.15, 0.2) is 5.96 Å². The molecule has 0 saturated heterocycles. The summed E-state index contributed by atoms with van der Waals surface area (Å²) in [6, 6.07) is 0.543. The Bertz CT molecular complexity index is 391. The lowest BCUT2D eigenvalue weighted by Crippen LogP contribution is -2.49. The number of nitrogens with zero attached hydrogens (tertiary/aromatic N) is 1. The number of carbonyl (C=O) groups is 1. The van der Waals surface area contributed by atoms with Gasteiger partial charge >= 0.3 is 6.09 Å². The standard InChI is InChI=1S/C17H34N4O2.HI/c1-6-9-14(21-16(22)23-17(2,3)4)12-19-15(18-5)20-13-10-7-8-11-13;/h13-14H,6-12H2,1-5H3,(H,21,22)(H2,18,19,20);1H. The van der Waals surface area contributed by atoms with Gasteiger partial charge in [-0.15, -0.1) is 24.0 Å². The van der Waals surface area contributed by atoms with E-state index in [0.717, 1.165) is 18.8 Å². The Morgan fingerprint density at radius 2 is 1.92 bits per heavy atom. The number of nitrogens with one attached hydrogen (secondary N) is 3. The summed E-state index contributed by atoms with van der Waals surface area (Å²) in [6.07, 6.45) is 6.51. The fraction of sp³-hybridized carbons (Fsp3) is 0.882. The van der Waals surface area contributed by atoms with Crippen LogP contribution in [0.3, 0.4) is 0 Å². The zero-order chi connectivity index (χ0) is 17.3. The maximum Gasteiger partial charge on any atom is 0.407 e. The smallest absolute Gasteiger partial charge is 0.407 e. The summed E-state index contributed by atoms with van der Waals surface area (Å²) in [5.74, 6) is 0.809. The minimum atomic E-state index is -0.478. The highest BCUT2D eigenvalue weighted by atomic mass is 127. The Labute approximate surface area is 164 Å². The van der Waals surface area contributed by atoms with Gasteiger partial charge in [0.05, 0.1) is 0 Å². The third kappa shape index (κ3) is 10.2. The van der Waals surface area contributed by atoms with E-state index in [-0.39, 0.29) is 36.1 Å². The summed E-state index contributed by atoms with van der Waals surface area (Å²) in [4.78, 5) is 16.2. The lowest BCUT2D eigenvalue weighted by molar-refractivity contribution is 0.0502. The minimum absolute atomic E-state index is 0. The second-order valence-corrected chi connectivity index (χ2v) is 7.21. The van der Waals surface area contributed by atoms with Crippen molar-refractivity contribution in [1.82, 2.24) is 16.0 Å². The summed E-state index contributed by atoms with van der Waals surface area (Å²) >= 11 is 0. The molecule has 142 valence electrons.